The molecule has 3 aromatic rings. The highest BCUT2D eigenvalue weighted by molar-refractivity contribution is 7.17. The number of fused-ring (bicyclic) bond motifs is 2. The Labute approximate surface area is 235 Å². The van der Waals surface area contributed by atoms with E-state index in [0.29, 0.717) is 40.2 Å². The molecule has 212 valence electrons. The summed E-state index contributed by atoms with van der Waals surface area (Å²) in [6, 6.07) is 5.01. The SMILES string of the molecule is Cc1ccc(O)c(C)c1NC(=O)c1cnc(Nc2ccn(CC(=O)N3C[C@@H]4C[C@H]3CN4C(=O)OC(C)(C)C)n2)s1. The van der Waals surface area contributed by atoms with Gasteiger partial charge in [0.15, 0.2) is 10.9 Å². The van der Waals surface area contributed by atoms with Gasteiger partial charge in [-0.1, -0.05) is 17.4 Å². The zero-order valence-electron chi connectivity index (χ0n) is 23.1. The van der Waals surface area contributed by atoms with Crippen LogP contribution in [0.1, 0.15) is 48.0 Å². The molecule has 13 heteroatoms. The van der Waals surface area contributed by atoms with Gasteiger partial charge in [-0.15, -0.1) is 0 Å². The molecule has 3 amide bonds. The van der Waals surface area contributed by atoms with Gasteiger partial charge in [-0.3, -0.25) is 14.3 Å². The number of carbonyl (C=O) groups is 3. The van der Waals surface area contributed by atoms with Crippen molar-refractivity contribution >= 4 is 45.9 Å². The molecule has 2 fully saturated rings. The Balaban J connectivity index is 1.14. The van der Waals surface area contributed by atoms with Gasteiger partial charge >= 0.3 is 6.09 Å². The molecule has 2 bridgehead atoms. The van der Waals surface area contributed by atoms with Crippen LogP contribution in [-0.2, 0) is 16.1 Å². The summed E-state index contributed by atoms with van der Waals surface area (Å²) >= 11 is 1.16. The number of ether oxygens (including phenoxy) is 1. The fourth-order valence-corrected chi connectivity index (χ4v) is 5.73. The van der Waals surface area contributed by atoms with Crippen LogP contribution in [0.4, 0.5) is 21.4 Å². The van der Waals surface area contributed by atoms with E-state index in [2.05, 4.69) is 20.7 Å². The molecular weight excluding hydrogens is 534 g/mol. The average molecular weight is 568 g/mol. The number of nitrogens with one attached hydrogen (secondary N) is 2. The largest absolute Gasteiger partial charge is 0.508 e. The van der Waals surface area contributed by atoms with Gasteiger partial charge < -0.3 is 30.3 Å². The van der Waals surface area contributed by atoms with Crippen LogP contribution < -0.4 is 10.6 Å². The number of hydrogen-bond acceptors (Lipinski definition) is 9. The van der Waals surface area contributed by atoms with Crippen LogP contribution in [0, 0.1) is 13.8 Å². The lowest BCUT2D eigenvalue weighted by Gasteiger charge is -2.35. The molecule has 2 aliphatic rings. The highest BCUT2D eigenvalue weighted by Crippen LogP contribution is 2.32. The van der Waals surface area contributed by atoms with Crippen LogP contribution in [0.25, 0.3) is 0 Å². The van der Waals surface area contributed by atoms with Crippen molar-refractivity contribution in [2.75, 3.05) is 23.7 Å². The third-order valence-corrected chi connectivity index (χ3v) is 7.89. The first-order chi connectivity index (χ1) is 18.9. The topological polar surface area (TPSA) is 142 Å². The van der Waals surface area contributed by atoms with E-state index in [1.54, 1.807) is 40.9 Å². The number of nitrogens with zero attached hydrogens (tertiary/aromatic N) is 5. The second-order valence-corrected chi connectivity index (χ2v) is 12.2. The van der Waals surface area contributed by atoms with E-state index in [1.807, 2.05) is 32.6 Å². The van der Waals surface area contributed by atoms with Crippen molar-refractivity contribution in [3.8, 4) is 5.75 Å². The molecule has 2 saturated heterocycles. The Hall–Kier alpha value is -4.13. The number of aromatic hydroxyl groups is 1. The van der Waals surface area contributed by atoms with Crippen molar-refractivity contribution in [2.24, 2.45) is 0 Å². The van der Waals surface area contributed by atoms with Crippen LogP contribution in [0.5, 0.6) is 5.75 Å². The number of hydrogen-bond donors (Lipinski definition) is 3. The predicted octanol–water partition coefficient (Wildman–Crippen LogP) is 3.88. The normalized spacial score (nSPS) is 18.2. The monoisotopic (exact) mass is 567 g/mol. The summed E-state index contributed by atoms with van der Waals surface area (Å²) in [7, 11) is 0. The summed E-state index contributed by atoms with van der Waals surface area (Å²) in [5.41, 5.74) is 1.45. The molecule has 5 rings (SSSR count). The van der Waals surface area contributed by atoms with Crippen LogP contribution in [-0.4, -0.2) is 78.4 Å². The first-order valence-corrected chi connectivity index (χ1v) is 13.9. The number of aryl methyl sites for hydroxylation is 1. The molecule has 4 heterocycles. The quantitative estimate of drug-likeness (QED) is 0.408. The molecule has 0 radical (unpaired) electrons. The third-order valence-electron chi connectivity index (χ3n) is 6.97. The maximum Gasteiger partial charge on any atom is 0.410 e. The number of phenolic OH excluding ortho intramolecular Hbond substituents is 1. The molecule has 40 heavy (non-hydrogen) atoms. The Morgan fingerprint density at radius 2 is 1.85 bits per heavy atom. The predicted molar refractivity (Wildman–Crippen MR) is 150 cm³/mol. The number of piperazine rings is 1. The molecule has 2 aliphatic heterocycles. The Morgan fingerprint density at radius 3 is 2.55 bits per heavy atom. The molecule has 12 nitrogen and oxygen atoms in total. The van der Waals surface area contributed by atoms with Gasteiger partial charge in [-0.25, -0.2) is 9.78 Å². The van der Waals surface area contributed by atoms with Crippen LogP contribution in [0.3, 0.4) is 0 Å². The number of thiazole rings is 1. The molecule has 0 saturated carbocycles. The van der Waals surface area contributed by atoms with Crippen LogP contribution >= 0.6 is 11.3 Å². The van der Waals surface area contributed by atoms with Gasteiger partial charge in [0.25, 0.3) is 5.91 Å². The number of phenols is 1. The maximum absolute atomic E-state index is 13.0. The first kappa shape index (κ1) is 27.4. The molecule has 0 aliphatic carbocycles. The Bertz CT molecular complexity index is 1460. The number of aromatic nitrogens is 3. The van der Waals surface area contributed by atoms with Crippen molar-refractivity contribution in [1.29, 1.82) is 0 Å². The molecular formula is C27H33N7O5S. The van der Waals surface area contributed by atoms with Crippen molar-refractivity contribution in [1.82, 2.24) is 24.6 Å². The number of rotatable bonds is 6. The van der Waals surface area contributed by atoms with Crippen molar-refractivity contribution < 1.29 is 24.2 Å². The fraction of sp³-hybridized carbons (Fsp3) is 0.444. The van der Waals surface area contributed by atoms with E-state index in [0.717, 1.165) is 23.3 Å². The molecule has 2 atom stereocenters. The number of carbonyl (C=O) groups excluding carboxylic acids is 3. The van der Waals surface area contributed by atoms with Crippen molar-refractivity contribution in [2.45, 2.75) is 65.3 Å². The molecule has 3 N–H and O–H groups in total. The first-order valence-electron chi connectivity index (χ1n) is 13.0. The average Bonchev–Trinajstić information content (AvgIpc) is 3.68. The maximum atomic E-state index is 13.0. The summed E-state index contributed by atoms with van der Waals surface area (Å²) in [5.74, 6) is 0.217. The zero-order chi connectivity index (χ0) is 28.8. The van der Waals surface area contributed by atoms with Gasteiger partial charge in [-0.05, 0) is 52.7 Å². The summed E-state index contributed by atoms with van der Waals surface area (Å²) in [6.07, 6.45) is 3.60. The Kier molecular flexibility index (Phi) is 7.17. The highest BCUT2D eigenvalue weighted by atomic mass is 32.1. The second-order valence-electron chi connectivity index (χ2n) is 11.1. The summed E-state index contributed by atoms with van der Waals surface area (Å²) in [5, 5.41) is 20.8. The number of benzene rings is 1. The smallest absolute Gasteiger partial charge is 0.410 e. The van der Waals surface area contributed by atoms with Gasteiger partial charge in [0.2, 0.25) is 5.91 Å². The highest BCUT2D eigenvalue weighted by Gasteiger charge is 2.48. The Morgan fingerprint density at radius 1 is 1.12 bits per heavy atom. The van der Waals surface area contributed by atoms with Crippen LogP contribution in [0.15, 0.2) is 30.6 Å². The molecule has 0 unspecified atom stereocenters. The summed E-state index contributed by atoms with van der Waals surface area (Å²) < 4.78 is 7.05. The lowest BCUT2D eigenvalue weighted by Crippen LogP contribution is -2.52. The summed E-state index contributed by atoms with van der Waals surface area (Å²) in [4.78, 5) is 46.5. The van der Waals surface area contributed by atoms with E-state index in [1.165, 1.54) is 6.20 Å². The van der Waals surface area contributed by atoms with E-state index < -0.39 is 5.60 Å². The number of anilines is 3. The molecule has 1 aromatic carbocycles. The third kappa shape index (κ3) is 5.74. The second kappa shape index (κ2) is 10.5. The van der Waals surface area contributed by atoms with Gasteiger partial charge in [-0.2, -0.15) is 5.10 Å². The lowest BCUT2D eigenvalue weighted by molar-refractivity contribution is -0.134. The number of likely N-dealkylation sites (tertiary alicyclic amines) is 2. The van der Waals surface area contributed by atoms with E-state index in [4.69, 9.17) is 4.74 Å². The van der Waals surface area contributed by atoms with Gasteiger partial charge in [0.05, 0.1) is 24.0 Å². The van der Waals surface area contributed by atoms with E-state index in [9.17, 15) is 19.5 Å². The lowest BCUT2D eigenvalue weighted by atomic mass is 10.1. The molecule has 0 spiro atoms. The van der Waals surface area contributed by atoms with Crippen molar-refractivity contribution in [3.63, 3.8) is 0 Å². The van der Waals surface area contributed by atoms with Crippen LogP contribution in [0.2, 0.25) is 0 Å². The minimum Gasteiger partial charge on any atom is -0.508 e. The van der Waals surface area contributed by atoms with E-state index in [-0.39, 0.29) is 42.3 Å². The fourth-order valence-electron chi connectivity index (χ4n) is 5.01. The number of amides is 3. The van der Waals surface area contributed by atoms with Crippen molar-refractivity contribution in [3.05, 3.63) is 46.6 Å². The summed E-state index contributed by atoms with van der Waals surface area (Å²) in [6.45, 7) is 10.2. The minimum absolute atomic E-state index is 0.0227. The molecule has 2 aromatic heterocycles. The standard InChI is InChI=1S/C27H33N7O5S/c1-15-6-7-19(35)16(2)23(15)30-24(37)20-11-28-25(40-20)29-21-8-9-32(31-21)14-22(36)33-12-18-10-17(33)13-34(18)26(38)39-27(3,4)5/h6-9,11,17-18,35H,10,12-14H2,1-5H3,(H,30,37)(H,28,29,31)/t17-,18-/m0/s1. The van der Waals surface area contributed by atoms with E-state index >= 15 is 0 Å². The zero-order valence-corrected chi connectivity index (χ0v) is 23.9. The minimum atomic E-state index is -0.557. The van der Waals surface area contributed by atoms with Gasteiger partial charge in [0.1, 0.15) is 22.8 Å². The van der Waals surface area contributed by atoms with Gasteiger partial charge in [0, 0.05) is 30.9 Å².